The number of benzene rings is 2. The number of alkyl halides is 2. The summed E-state index contributed by atoms with van der Waals surface area (Å²) < 4.78 is 41.4. The van der Waals surface area contributed by atoms with Crippen molar-refractivity contribution < 1.29 is 18.1 Å². The van der Waals surface area contributed by atoms with Gasteiger partial charge in [-0.2, -0.15) is 8.78 Å². The number of hydrogen-bond donors (Lipinski definition) is 0. The zero-order valence-electron chi connectivity index (χ0n) is 15.3. The maximum absolute atomic E-state index is 14.7. The van der Waals surface area contributed by atoms with Gasteiger partial charge >= 0.3 is 7.12 Å². The van der Waals surface area contributed by atoms with Crippen LogP contribution >= 0.6 is 0 Å². The van der Waals surface area contributed by atoms with E-state index in [4.69, 9.17) is 9.31 Å². The molecule has 1 fully saturated rings. The van der Waals surface area contributed by atoms with Crippen LogP contribution in [-0.2, 0) is 15.2 Å². The summed E-state index contributed by atoms with van der Waals surface area (Å²) in [6, 6.07) is 12.5. The van der Waals surface area contributed by atoms with Crippen LogP contribution < -0.4 is 5.46 Å². The van der Waals surface area contributed by atoms with E-state index in [2.05, 4.69) is 0 Å². The van der Waals surface area contributed by atoms with Crippen LogP contribution in [-0.4, -0.2) is 18.3 Å². The van der Waals surface area contributed by atoms with Crippen molar-refractivity contribution in [1.29, 1.82) is 0 Å². The second-order valence-electron chi connectivity index (χ2n) is 7.65. The van der Waals surface area contributed by atoms with E-state index in [1.807, 2.05) is 34.6 Å². The Morgan fingerprint density at radius 1 is 0.760 bits per heavy atom. The molecule has 0 amide bonds. The molecule has 2 nitrogen and oxygen atoms in total. The highest BCUT2D eigenvalue weighted by Gasteiger charge is 2.51. The van der Waals surface area contributed by atoms with E-state index in [1.54, 1.807) is 24.3 Å². The number of rotatable bonds is 3. The van der Waals surface area contributed by atoms with E-state index < -0.39 is 24.2 Å². The summed E-state index contributed by atoms with van der Waals surface area (Å²) in [6.45, 7) is 9.74. The van der Waals surface area contributed by atoms with Crippen LogP contribution in [0.15, 0.2) is 48.5 Å². The SMILES string of the molecule is Cc1ccc(C(F)(F)c2ccc(B3OC(C)(C)C(C)(C)O3)cc2)cc1. The Bertz CT molecular complexity index is 736. The molecule has 1 saturated heterocycles. The molecule has 0 aliphatic carbocycles. The normalized spacial score (nSPS) is 19.2. The Labute approximate surface area is 148 Å². The Hall–Kier alpha value is -1.72. The van der Waals surface area contributed by atoms with Crippen LogP contribution in [0.2, 0.25) is 0 Å². The van der Waals surface area contributed by atoms with Gasteiger partial charge in [0.15, 0.2) is 0 Å². The maximum atomic E-state index is 14.7. The van der Waals surface area contributed by atoms with Gasteiger partial charge in [0.1, 0.15) is 0 Å². The molecule has 1 aliphatic heterocycles. The molecule has 0 saturated carbocycles. The summed E-state index contributed by atoms with van der Waals surface area (Å²) in [6.07, 6.45) is 0. The van der Waals surface area contributed by atoms with Crippen LogP contribution in [0.1, 0.15) is 44.4 Å². The van der Waals surface area contributed by atoms with Gasteiger partial charge in [-0.15, -0.1) is 0 Å². The van der Waals surface area contributed by atoms with E-state index in [0.29, 0.717) is 0 Å². The van der Waals surface area contributed by atoms with Crippen LogP contribution in [0.5, 0.6) is 0 Å². The van der Waals surface area contributed by atoms with Crippen molar-refractivity contribution in [3.63, 3.8) is 0 Å². The zero-order valence-corrected chi connectivity index (χ0v) is 15.3. The monoisotopic (exact) mass is 344 g/mol. The molecule has 0 aromatic heterocycles. The minimum atomic E-state index is -3.04. The molecule has 1 heterocycles. The lowest BCUT2D eigenvalue weighted by Gasteiger charge is -2.32. The summed E-state index contributed by atoms with van der Waals surface area (Å²) in [5.74, 6) is -3.04. The first kappa shape index (κ1) is 18.1. The zero-order chi connectivity index (χ0) is 18.5. The molecular formula is C20H23BF2O2. The first-order chi connectivity index (χ1) is 11.5. The van der Waals surface area contributed by atoms with Crippen LogP contribution in [0, 0.1) is 6.92 Å². The van der Waals surface area contributed by atoms with Crippen molar-refractivity contribution in [2.75, 3.05) is 0 Å². The van der Waals surface area contributed by atoms with Gasteiger partial charge in [-0.25, -0.2) is 0 Å². The highest BCUT2D eigenvalue weighted by Crippen LogP contribution is 2.37. The summed E-state index contributed by atoms with van der Waals surface area (Å²) in [7, 11) is -0.549. The van der Waals surface area contributed by atoms with E-state index in [-0.39, 0.29) is 11.1 Å². The van der Waals surface area contributed by atoms with Crippen molar-refractivity contribution >= 4 is 12.6 Å². The van der Waals surface area contributed by atoms with Gasteiger partial charge in [0.25, 0.3) is 5.92 Å². The average molecular weight is 344 g/mol. The predicted octanol–water partition coefficient (Wildman–Crippen LogP) is 4.43. The molecule has 2 aromatic rings. The van der Waals surface area contributed by atoms with Gasteiger partial charge in [-0.05, 0) is 40.1 Å². The van der Waals surface area contributed by atoms with Gasteiger partial charge < -0.3 is 9.31 Å². The summed E-state index contributed by atoms with van der Waals surface area (Å²) in [5, 5.41) is 0. The van der Waals surface area contributed by atoms with Gasteiger partial charge in [0, 0.05) is 11.1 Å². The highest BCUT2D eigenvalue weighted by molar-refractivity contribution is 6.62. The van der Waals surface area contributed by atoms with Gasteiger partial charge in [-0.3, -0.25) is 0 Å². The van der Waals surface area contributed by atoms with E-state index >= 15 is 0 Å². The molecule has 1 aliphatic rings. The van der Waals surface area contributed by atoms with E-state index in [0.717, 1.165) is 11.0 Å². The molecule has 0 N–H and O–H groups in total. The highest BCUT2D eigenvalue weighted by atomic mass is 19.3. The fourth-order valence-electron chi connectivity index (χ4n) is 2.76. The van der Waals surface area contributed by atoms with Crippen molar-refractivity contribution in [1.82, 2.24) is 0 Å². The largest absolute Gasteiger partial charge is 0.494 e. The second kappa shape index (κ2) is 5.92. The van der Waals surface area contributed by atoms with Crippen LogP contribution in [0.25, 0.3) is 0 Å². The molecule has 25 heavy (non-hydrogen) atoms. The third-order valence-corrected chi connectivity index (χ3v) is 5.21. The molecule has 0 atom stereocenters. The van der Waals surface area contributed by atoms with E-state index in [9.17, 15) is 8.78 Å². The lowest BCUT2D eigenvalue weighted by molar-refractivity contribution is 0.00578. The first-order valence-electron chi connectivity index (χ1n) is 8.44. The number of aryl methyl sites for hydroxylation is 1. The van der Waals surface area contributed by atoms with E-state index in [1.165, 1.54) is 24.3 Å². The van der Waals surface area contributed by atoms with Gasteiger partial charge in [0.2, 0.25) is 0 Å². The van der Waals surface area contributed by atoms with Crippen LogP contribution in [0.4, 0.5) is 8.78 Å². The topological polar surface area (TPSA) is 18.5 Å². The fourth-order valence-corrected chi connectivity index (χ4v) is 2.76. The van der Waals surface area contributed by atoms with Crippen molar-refractivity contribution in [2.24, 2.45) is 0 Å². The Kier molecular flexibility index (Phi) is 4.29. The minimum absolute atomic E-state index is 0.0125. The average Bonchev–Trinajstić information content (AvgIpc) is 2.76. The molecule has 0 spiro atoms. The number of halogens is 2. The Morgan fingerprint density at radius 2 is 1.16 bits per heavy atom. The summed E-state index contributed by atoms with van der Waals surface area (Å²) in [5.41, 5.74) is 0.723. The van der Waals surface area contributed by atoms with Crippen molar-refractivity contribution in [3.8, 4) is 0 Å². The third-order valence-electron chi connectivity index (χ3n) is 5.21. The summed E-state index contributed by atoms with van der Waals surface area (Å²) >= 11 is 0. The fraction of sp³-hybridized carbons (Fsp3) is 0.400. The lowest BCUT2D eigenvalue weighted by atomic mass is 9.78. The smallest absolute Gasteiger partial charge is 0.399 e. The third kappa shape index (κ3) is 3.23. The number of hydrogen-bond acceptors (Lipinski definition) is 2. The Balaban J connectivity index is 1.84. The molecule has 0 unspecified atom stereocenters. The molecule has 3 rings (SSSR count). The molecule has 0 radical (unpaired) electrons. The predicted molar refractivity (Wildman–Crippen MR) is 96.3 cm³/mol. The van der Waals surface area contributed by atoms with Crippen molar-refractivity contribution in [2.45, 2.75) is 51.7 Å². The standard InChI is InChI=1S/C20H23BF2O2/c1-14-6-8-15(9-7-14)20(22,23)16-10-12-17(13-11-16)21-24-18(2,3)19(4,5)25-21/h6-13H,1-5H3. The molecule has 0 bridgehead atoms. The Morgan fingerprint density at radius 3 is 1.60 bits per heavy atom. The first-order valence-corrected chi connectivity index (χ1v) is 8.44. The van der Waals surface area contributed by atoms with Gasteiger partial charge in [-0.1, -0.05) is 54.1 Å². The summed E-state index contributed by atoms with van der Waals surface area (Å²) in [4.78, 5) is 0. The molecule has 132 valence electrons. The lowest BCUT2D eigenvalue weighted by Crippen LogP contribution is -2.41. The van der Waals surface area contributed by atoms with Crippen molar-refractivity contribution in [3.05, 3.63) is 65.2 Å². The minimum Gasteiger partial charge on any atom is -0.399 e. The quantitative estimate of drug-likeness (QED) is 0.767. The second-order valence-corrected chi connectivity index (χ2v) is 7.65. The van der Waals surface area contributed by atoms with Crippen LogP contribution in [0.3, 0.4) is 0 Å². The molecule has 2 aromatic carbocycles. The molecular weight excluding hydrogens is 321 g/mol. The maximum Gasteiger partial charge on any atom is 0.494 e. The van der Waals surface area contributed by atoms with Gasteiger partial charge in [0.05, 0.1) is 11.2 Å². The molecule has 5 heteroatoms.